The Morgan fingerprint density at radius 1 is 0.833 bits per heavy atom. The van der Waals surface area contributed by atoms with E-state index >= 15 is 0 Å². The number of fused-ring (bicyclic) bond motifs is 1. The fraction of sp³-hybridized carbons (Fsp3) is 0.0526. The summed E-state index contributed by atoms with van der Waals surface area (Å²) in [4.78, 5) is 48.6. The highest BCUT2D eigenvalue weighted by Crippen LogP contribution is 2.23. The largest absolute Gasteiger partial charge is 0.465 e. The molecule has 24 heavy (non-hydrogen) atoms. The van der Waals surface area contributed by atoms with Gasteiger partial charge in [-0.3, -0.25) is 14.4 Å². The van der Waals surface area contributed by atoms with Gasteiger partial charge in [-0.2, -0.15) is 0 Å². The smallest absolute Gasteiger partial charge is 0.337 e. The van der Waals surface area contributed by atoms with Crippen molar-refractivity contribution in [3.05, 3.63) is 82.4 Å². The van der Waals surface area contributed by atoms with Gasteiger partial charge in [-0.1, -0.05) is 36.4 Å². The van der Waals surface area contributed by atoms with Gasteiger partial charge in [0.1, 0.15) is 0 Å². The molecule has 1 aliphatic rings. The molecular weight excluding hydrogens is 308 g/mol. The third kappa shape index (κ3) is 2.56. The van der Waals surface area contributed by atoms with Crippen molar-refractivity contribution < 1.29 is 23.9 Å². The topological polar surface area (TPSA) is 77.5 Å². The summed E-state index contributed by atoms with van der Waals surface area (Å²) in [5.74, 6) is -1.93. The van der Waals surface area contributed by atoms with Crippen LogP contribution in [0.1, 0.15) is 41.4 Å². The first kappa shape index (κ1) is 15.6. The molecule has 0 N–H and O–H groups in total. The molecule has 0 atom stereocenters. The summed E-state index contributed by atoms with van der Waals surface area (Å²) in [5, 5.41) is 0. The molecule has 0 aromatic heterocycles. The van der Waals surface area contributed by atoms with E-state index in [1.54, 1.807) is 18.2 Å². The molecule has 0 heterocycles. The molecule has 5 heteroatoms. The summed E-state index contributed by atoms with van der Waals surface area (Å²) < 4.78 is 4.59. The van der Waals surface area contributed by atoms with E-state index in [2.05, 4.69) is 4.74 Å². The number of hydrogen-bond acceptors (Lipinski definition) is 5. The number of ether oxygens (including phenoxy) is 1. The maximum absolute atomic E-state index is 12.6. The van der Waals surface area contributed by atoms with Crippen LogP contribution in [-0.4, -0.2) is 30.4 Å². The molecule has 0 saturated heterocycles. The van der Waals surface area contributed by atoms with Crippen molar-refractivity contribution in [2.75, 3.05) is 7.11 Å². The highest BCUT2D eigenvalue weighted by atomic mass is 16.5. The van der Waals surface area contributed by atoms with Crippen LogP contribution in [0.3, 0.4) is 0 Å². The first-order chi connectivity index (χ1) is 11.5. The molecule has 0 amide bonds. The number of methoxy groups -OCH3 is 1. The molecule has 3 rings (SSSR count). The number of allylic oxidation sites excluding steroid dienone is 2. The molecule has 0 bridgehead atoms. The summed E-state index contributed by atoms with van der Waals surface area (Å²) in [6.07, 6.45) is 1.07. The van der Waals surface area contributed by atoms with Crippen molar-refractivity contribution in [1.82, 2.24) is 0 Å². The fourth-order valence-corrected chi connectivity index (χ4v) is 2.52. The van der Waals surface area contributed by atoms with Crippen LogP contribution in [0.4, 0.5) is 0 Å². The van der Waals surface area contributed by atoms with Crippen LogP contribution >= 0.6 is 0 Å². The second-order valence-corrected chi connectivity index (χ2v) is 5.20. The third-order valence-electron chi connectivity index (χ3n) is 3.77. The summed E-state index contributed by atoms with van der Waals surface area (Å²) in [6, 6.07) is 12.1. The second-order valence-electron chi connectivity index (χ2n) is 5.20. The second kappa shape index (κ2) is 6.04. The van der Waals surface area contributed by atoms with E-state index in [-0.39, 0.29) is 22.5 Å². The van der Waals surface area contributed by atoms with Crippen LogP contribution in [0.2, 0.25) is 0 Å². The highest BCUT2D eigenvalue weighted by Gasteiger charge is 2.29. The average molecular weight is 320 g/mol. The monoisotopic (exact) mass is 320 g/mol. The van der Waals surface area contributed by atoms with Gasteiger partial charge in [0.05, 0.1) is 18.2 Å². The molecular formula is C19H12O5. The highest BCUT2D eigenvalue weighted by molar-refractivity contribution is 6.37. The lowest BCUT2D eigenvalue weighted by molar-refractivity contribution is 0.0600. The quantitative estimate of drug-likeness (QED) is 0.493. The van der Waals surface area contributed by atoms with Gasteiger partial charge in [-0.25, -0.2) is 4.79 Å². The van der Waals surface area contributed by atoms with Crippen molar-refractivity contribution in [2.24, 2.45) is 0 Å². The Morgan fingerprint density at radius 2 is 1.42 bits per heavy atom. The SMILES string of the molecule is COC(=O)c1ccc(C(=O)C2=CC(=O)c3ccccc3C2=O)cc1. The number of carbonyl (C=O) groups is 4. The Bertz CT molecular complexity index is 904. The number of benzene rings is 2. The van der Waals surface area contributed by atoms with Crippen LogP contribution < -0.4 is 0 Å². The fourth-order valence-electron chi connectivity index (χ4n) is 2.52. The molecule has 2 aromatic carbocycles. The molecule has 0 aliphatic heterocycles. The minimum Gasteiger partial charge on any atom is -0.465 e. The first-order valence-corrected chi connectivity index (χ1v) is 7.15. The number of esters is 1. The van der Waals surface area contributed by atoms with Crippen molar-refractivity contribution in [3.8, 4) is 0 Å². The maximum atomic E-state index is 12.6. The van der Waals surface area contributed by atoms with Gasteiger partial charge in [0.15, 0.2) is 17.3 Å². The van der Waals surface area contributed by atoms with E-state index in [0.717, 1.165) is 6.08 Å². The van der Waals surface area contributed by atoms with Gasteiger partial charge < -0.3 is 4.74 Å². The van der Waals surface area contributed by atoms with E-state index in [0.29, 0.717) is 11.1 Å². The van der Waals surface area contributed by atoms with Gasteiger partial charge in [-0.15, -0.1) is 0 Å². The van der Waals surface area contributed by atoms with Crippen molar-refractivity contribution in [2.45, 2.75) is 0 Å². The zero-order valence-electron chi connectivity index (χ0n) is 12.7. The Labute approximate surface area is 137 Å². The van der Waals surface area contributed by atoms with Crippen LogP contribution in [0.5, 0.6) is 0 Å². The standard InChI is InChI=1S/C19H12O5/c1-24-19(23)12-8-6-11(7-9-12)17(21)15-10-16(20)13-4-2-3-5-14(13)18(15)22/h2-10H,1H3. The normalized spacial score (nSPS) is 13.1. The predicted octanol–water partition coefficient (Wildman–Crippen LogP) is 2.66. The van der Waals surface area contributed by atoms with Gasteiger partial charge in [0.25, 0.3) is 0 Å². The molecule has 118 valence electrons. The minimum atomic E-state index is -0.556. The molecule has 0 radical (unpaired) electrons. The Balaban J connectivity index is 1.95. The lowest BCUT2D eigenvalue weighted by atomic mass is 9.86. The molecule has 0 fully saturated rings. The molecule has 2 aromatic rings. The Morgan fingerprint density at radius 3 is 2.04 bits per heavy atom. The van der Waals surface area contributed by atoms with Gasteiger partial charge in [-0.05, 0) is 12.1 Å². The number of hydrogen-bond donors (Lipinski definition) is 0. The minimum absolute atomic E-state index is 0.176. The van der Waals surface area contributed by atoms with E-state index in [4.69, 9.17) is 0 Å². The molecule has 0 saturated carbocycles. The van der Waals surface area contributed by atoms with E-state index < -0.39 is 17.5 Å². The van der Waals surface area contributed by atoms with E-state index in [9.17, 15) is 19.2 Å². The zero-order valence-corrected chi connectivity index (χ0v) is 12.7. The Hall–Kier alpha value is -3.34. The summed E-state index contributed by atoms with van der Waals surface area (Å²) >= 11 is 0. The van der Waals surface area contributed by atoms with E-state index in [1.165, 1.54) is 37.4 Å². The molecule has 0 spiro atoms. The molecule has 0 unspecified atom stereocenters. The summed E-state index contributed by atoms with van der Waals surface area (Å²) in [6.45, 7) is 0. The van der Waals surface area contributed by atoms with Crippen molar-refractivity contribution in [3.63, 3.8) is 0 Å². The van der Waals surface area contributed by atoms with Crippen LogP contribution in [0.15, 0.2) is 60.2 Å². The third-order valence-corrected chi connectivity index (χ3v) is 3.77. The average Bonchev–Trinajstić information content (AvgIpc) is 2.63. The number of carbonyl (C=O) groups excluding carboxylic acids is 4. The Kier molecular flexibility index (Phi) is 3.92. The molecule has 1 aliphatic carbocycles. The lowest BCUT2D eigenvalue weighted by Gasteiger charge is -2.14. The number of ketones is 3. The van der Waals surface area contributed by atoms with Crippen LogP contribution in [0, 0.1) is 0 Å². The van der Waals surface area contributed by atoms with Crippen LogP contribution in [0.25, 0.3) is 0 Å². The molecule has 5 nitrogen and oxygen atoms in total. The maximum Gasteiger partial charge on any atom is 0.337 e. The lowest BCUT2D eigenvalue weighted by Crippen LogP contribution is -2.22. The predicted molar refractivity (Wildman–Crippen MR) is 85.3 cm³/mol. The van der Waals surface area contributed by atoms with Crippen LogP contribution in [-0.2, 0) is 4.74 Å². The van der Waals surface area contributed by atoms with E-state index in [1.807, 2.05) is 0 Å². The first-order valence-electron chi connectivity index (χ1n) is 7.15. The summed E-state index contributed by atoms with van der Waals surface area (Å²) in [5.41, 5.74) is 0.845. The van der Waals surface area contributed by atoms with Gasteiger partial charge in [0.2, 0.25) is 0 Å². The zero-order chi connectivity index (χ0) is 17.3. The van der Waals surface area contributed by atoms with Gasteiger partial charge >= 0.3 is 5.97 Å². The van der Waals surface area contributed by atoms with Crippen molar-refractivity contribution in [1.29, 1.82) is 0 Å². The summed E-state index contributed by atoms with van der Waals surface area (Å²) in [7, 11) is 1.26. The van der Waals surface area contributed by atoms with Crippen molar-refractivity contribution >= 4 is 23.3 Å². The number of rotatable bonds is 3. The van der Waals surface area contributed by atoms with Gasteiger partial charge in [0, 0.05) is 22.8 Å². The number of Topliss-reactive ketones (excluding diaryl/α,β-unsaturated/α-hetero) is 2.